The first-order chi connectivity index (χ1) is 14.9. The van der Waals surface area contributed by atoms with Gasteiger partial charge in [0.2, 0.25) is 5.91 Å². The number of hydrogen-bond donors (Lipinski definition) is 2. The van der Waals surface area contributed by atoms with Crippen LogP contribution in [-0.2, 0) is 4.79 Å². The molecular formula is C19H17BrN8O3. The third-order valence-corrected chi connectivity index (χ3v) is 5.90. The number of nitrogens with zero attached hydrogens (tertiary/aromatic N) is 6. The number of Topliss-reactive ketones (excluding diaryl/α,β-unsaturated/α-hetero) is 1. The number of ketones is 1. The third-order valence-electron chi connectivity index (χ3n) is 5.52. The van der Waals surface area contributed by atoms with E-state index >= 15 is 0 Å². The van der Waals surface area contributed by atoms with Gasteiger partial charge in [-0.2, -0.15) is 4.79 Å². The Labute approximate surface area is 184 Å². The molecule has 1 aliphatic heterocycles. The zero-order valence-electron chi connectivity index (χ0n) is 16.3. The van der Waals surface area contributed by atoms with Crippen molar-refractivity contribution in [2.75, 3.05) is 10.7 Å². The first-order valence-electron chi connectivity index (χ1n) is 9.64. The number of aromatic nitrogens is 5. The summed E-state index contributed by atoms with van der Waals surface area (Å²) in [7, 11) is 0. The first kappa shape index (κ1) is 19.5. The van der Waals surface area contributed by atoms with Crippen molar-refractivity contribution < 1.29 is 14.4 Å². The average Bonchev–Trinajstić information content (AvgIpc) is 3.24. The van der Waals surface area contributed by atoms with Gasteiger partial charge in [0.25, 0.3) is 0 Å². The van der Waals surface area contributed by atoms with Crippen LogP contribution in [0.2, 0.25) is 0 Å². The van der Waals surface area contributed by atoms with Crippen LogP contribution in [-0.4, -0.2) is 59.5 Å². The lowest BCUT2D eigenvalue weighted by Gasteiger charge is -2.26. The predicted octanol–water partition coefficient (Wildman–Crippen LogP) is 1.95. The highest BCUT2D eigenvalue weighted by Gasteiger charge is 2.56. The van der Waals surface area contributed by atoms with Crippen molar-refractivity contribution in [3.05, 3.63) is 41.2 Å². The van der Waals surface area contributed by atoms with Crippen molar-refractivity contribution in [2.24, 2.45) is 5.92 Å². The highest BCUT2D eigenvalue weighted by atomic mass is 79.9. The topological polar surface area (TPSA) is 135 Å². The van der Waals surface area contributed by atoms with Crippen LogP contribution in [0.5, 0.6) is 0 Å². The van der Waals surface area contributed by atoms with Gasteiger partial charge in [0.1, 0.15) is 21.9 Å². The van der Waals surface area contributed by atoms with Crippen molar-refractivity contribution >= 4 is 50.4 Å². The maximum atomic E-state index is 13.1. The number of anilines is 1. The summed E-state index contributed by atoms with van der Waals surface area (Å²) in [6, 6.07) is 0.561. The van der Waals surface area contributed by atoms with E-state index in [9.17, 15) is 14.4 Å². The molecule has 158 valence electrons. The molecule has 1 aliphatic carbocycles. The summed E-state index contributed by atoms with van der Waals surface area (Å²) in [5, 5.41) is 7.55. The molecule has 0 unspecified atom stereocenters. The predicted molar refractivity (Wildman–Crippen MR) is 113 cm³/mol. The second-order valence-corrected chi connectivity index (χ2v) is 8.38. The number of carbonyl (C=O) groups excluding carboxylic acids is 3. The van der Waals surface area contributed by atoms with Gasteiger partial charge in [-0.3, -0.25) is 19.6 Å². The molecule has 12 heteroatoms. The van der Waals surface area contributed by atoms with Crippen molar-refractivity contribution in [2.45, 2.75) is 31.8 Å². The standard InChI is InChI=1S/C19H17BrN8O3/c1-9(29)17-11-2-3-21-6-14(11)28(25-17)26-19(31)27-12-4-10(12)5-13(27)18(30)24-16-8-22-7-15(20)23-16/h2-3,6-8,10,12-13H,4-5H2,1H3,(H,26,31)(H,23,24,30)/t10-,12-,13+/m1/s1. The molecule has 11 nitrogen and oxygen atoms in total. The van der Waals surface area contributed by atoms with Crippen LogP contribution in [0.3, 0.4) is 0 Å². The molecule has 0 bridgehead atoms. The number of urea groups is 1. The fourth-order valence-electron chi connectivity index (χ4n) is 4.05. The van der Waals surface area contributed by atoms with E-state index in [0.717, 1.165) is 6.42 Å². The van der Waals surface area contributed by atoms with Gasteiger partial charge in [-0.1, -0.05) is 0 Å². The Bertz CT molecular complexity index is 1230. The summed E-state index contributed by atoms with van der Waals surface area (Å²) in [4.78, 5) is 52.9. The molecule has 31 heavy (non-hydrogen) atoms. The minimum absolute atomic E-state index is 0.00317. The summed E-state index contributed by atoms with van der Waals surface area (Å²) in [6.07, 6.45) is 7.46. The molecule has 0 radical (unpaired) electrons. The molecule has 3 aromatic heterocycles. The van der Waals surface area contributed by atoms with Crippen molar-refractivity contribution in [3.8, 4) is 0 Å². The normalized spacial score (nSPS) is 21.6. The lowest BCUT2D eigenvalue weighted by molar-refractivity contribution is -0.120. The van der Waals surface area contributed by atoms with E-state index in [4.69, 9.17) is 0 Å². The van der Waals surface area contributed by atoms with Crippen LogP contribution in [0, 0.1) is 5.92 Å². The molecule has 2 N–H and O–H groups in total. The average molecular weight is 485 g/mol. The molecule has 0 aromatic carbocycles. The largest absolute Gasteiger partial charge is 0.338 e. The zero-order valence-corrected chi connectivity index (χ0v) is 17.9. The zero-order chi connectivity index (χ0) is 21.7. The highest BCUT2D eigenvalue weighted by Crippen LogP contribution is 2.48. The first-order valence-corrected chi connectivity index (χ1v) is 10.4. The Morgan fingerprint density at radius 3 is 2.77 bits per heavy atom. The third kappa shape index (κ3) is 3.52. The fourth-order valence-corrected chi connectivity index (χ4v) is 4.36. The minimum atomic E-state index is -0.642. The number of piperidine rings is 1. The summed E-state index contributed by atoms with van der Waals surface area (Å²) < 4.78 is 0.495. The molecule has 2 aliphatic rings. The molecule has 2 fully saturated rings. The summed E-state index contributed by atoms with van der Waals surface area (Å²) in [5.74, 6) is 0.0423. The van der Waals surface area contributed by atoms with Gasteiger partial charge >= 0.3 is 6.03 Å². The minimum Gasteiger partial charge on any atom is -0.308 e. The molecule has 3 amide bonds. The molecule has 3 atom stereocenters. The second-order valence-electron chi connectivity index (χ2n) is 7.56. The number of likely N-dealkylation sites (tertiary alicyclic amines) is 1. The van der Waals surface area contributed by atoms with E-state index in [0.29, 0.717) is 33.7 Å². The van der Waals surface area contributed by atoms with Crippen molar-refractivity contribution in [1.82, 2.24) is 29.7 Å². The van der Waals surface area contributed by atoms with Crippen LogP contribution in [0.1, 0.15) is 30.3 Å². The summed E-state index contributed by atoms with van der Waals surface area (Å²) >= 11 is 3.22. The molecule has 1 saturated carbocycles. The number of nitrogens with one attached hydrogen (secondary N) is 2. The molecule has 1 saturated heterocycles. The molecule has 4 heterocycles. The van der Waals surface area contributed by atoms with Crippen molar-refractivity contribution in [1.29, 1.82) is 0 Å². The van der Waals surface area contributed by atoms with Gasteiger partial charge in [0.15, 0.2) is 11.6 Å². The molecule has 5 rings (SSSR count). The Hall–Kier alpha value is -3.41. The number of halogens is 1. The van der Waals surface area contributed by atoms with Gasteiger partial charge in [-0.15, -0.1) is 5.10 Å². The van der Waals surface area contributed by atoms with Gasteiger partial charge < -0.3 is 10.2 Å². The number of carbonyl (C=O) groups is 3. The van der Waals surface area contributed by atoms with E-state index in [1.54, 1.807) is 17.2 Å². The smallest absolute Gasteiger partial charge is 0.308 e. The Balaban J connectivity index is 1.38. The lowest BCUT2D eigenvalue weighted by atomic mass is 10.1. The molecule has 0 spiro atoms. The summed E-state index contributed by atoms with van der Waals surface area (Å²) in [6.45, 7) is 1.41. The van der Waals surface area contributed by atoms with Gasteiger partial charge in [0, 0.05) is 24.5 Å². The van der Waals surface area contributed by atoms with Crippen LogP contribution in [0.4, 0.5) is 10.6 Å². The number of rotatable bonds is 4. The Kier molecular flexibility index (Phi) is 4.65. The number of hydrogen-bond acceptors (Lipinski definition) is 7. The molecular weight excluding hydrogens is 468 g/mol. The van der Waals surface area contributed by atoms with Gasteiger partial charge in [0.05, 0.1) is 18.6 Å². The van der Waals surface area contributed by atoms with E-state index < -0.39 is 12.1 Å². The SMILES string of the molecule is CC(=O)c1nn(NC(=O)N2[C@@H]3C[C@@H]3C[C@H]2C(=O)Nc2cncc(Br)n2)c2cnccc12. The fraction of sp³-hybridized carbons (Fsp3) is 0.316. The van der Waals surface area contributed by atoms with Crippen LogP contribution in [0.25, 0.3) is 10.9 Å². The highest BCUT2D eigenvalue weighted by molar-refractivity contribution is 9.10. The lowest BCUT2D eigenvalue weighted by Crippen LogP contribution is -2.49. The number of pyridine rings is 1. The van der Waals surface area contributed by atoms with Crippen LogP contribution >= 0.6 is 15.9 Å². The van der Waals surface area contributed by atoms with Gasteiger partial charge in [-0.05, 0) is 40.8 Å². The van der Waals surface area contributed by atoms with Gasteiger partial charge in [-0.25, -0.2) is 15.2 Å². The number of amides is 3. The van der Waals surface area contributed by atoms with E-state index in [2.05, 4.69) is 46.7 Å². The van der Waals surface area contributed by atoms with E-state index in [-0.39, 0.29) is 23.4 Å². The molecule has 3 aromatic rings. The van der Waals surface area contributed by atoms with Crippen LogP contribution in [0.15, 0.2) is 35.5 Å². The quantitative estimate of drug-likeness (QED) is 0.540. The maximum Gasteiger partial charge on any atom is 0.338 e. The summed E-state index contributed by atoms with van der Waals surface area (Å²) in [5.41, 5.74) is 3.44. The van der Waals surface area contributed by atoms with Crippen molar-refractivity contribution in [3.63, 3.8) is 0 Å². The Morgan fingerprint density at radius 2 is 2.00 bits per heavy atom. The van der Waals surface area contributed by atoms with E-state index in [1.165, 1.54) is 30.3 Å². The Morgan fingerprint density at radius 1 is 1.16 bits per heavy atom. The number of fused-ring (bicyclic) bond motifs is 2. The maximum absolute atomic E-state index is 13.1. The second kappa shape index (κ2) is 7.38. The van der Waals surface area contributed by atoms with E-state index in [1.807, 2.05) is 0 Å². The van der Waals surface area contributed by atoms with Crippen LogP contribution < -0.4 is 10.7 Å². The monoisotopic (exact) mass is 484 g/mol.